The van der Waals surface area contributed by atoms with Crippen molar-refractivity contribution in [3.8, 4) is 0 Å². The Hall–Kier alpha value is -2.21. The molecule has 3 aliphatic rings. The van der Waals surface area contributed by atoms with Gasteiger partial charge < -0.3 is 10.1 Å². The zero-order valence-electron chi connectivity index (χ0n) is 14.0. The molecule has 0 bridgehead atoms. The van der Waals surface area contributed by atoms with E-state index in [0.717, 1.165) is 38.0 Å². The molecule has 0 radical (unpaired) electrons. The third-order valence-corrected chi connectivity index (χ3v) is 5.64. The second kappa shape index (κ2) is 6.26. The Labute approximate surface area is 146 Å². The molecule has 1 aromatic carbocycles. The molecule has 1 atom stereocenters. The van der Waals surface area contributed by atoms with Crippen molar-refractivity contribution in [2.75, 3.05) is 13.2 Å². The summed E-state index contributed by atoms with van der Waals surface area (Å²) in [4.78, 5) is 35.2. The van der Waals surface area contributed by atoms with Crippen molar-refractivity contribution in [3.63, 3.8) is 0 Å². The fourth-order valence-electron chi connectivity index (χ4n) is 4.18. The highest BCUT2D eigenvalue weighted by Gasteiger charge is 2.47. The number of benzene rings is 1. The first-order valence-corrected chi connectivity index (χ1v) is 8.84. The number of hydrogen-bond acceptors (Lipinski definition) is 4. The summed E-state index contributed by atoms with van der Waals surface area (Å²) in [5, 5.41) is 5.41. The van der Waals surface area contributed by atoms with Crippen molar-refractivity contribution < 1.29 is 19.1 Å². The monoisotopic (exact) mass is 342 g/mol. The van der Waals surface area contributed by atoms with Crippen LogP contribution in [-0.4, -0.2) is 37.0 Å². The maximum Gasteiger partial charge on any atom is 0.251 e. The molecule has 6 nitrogen and oxygen atoms in total. The van der Waals surface area contributed by atoms with E-state index in [2.05, 4.69) is 10.6 Å². The number of nitrogens with one attached hydrogen (secondary N) is 2. The van der Waals surface area contributed by atoms with Gasteiger partial charge in [0.15, 0.2) is 0 Å². The van der Waals surface area contributed by atoms with Gasteiger partial charge in [0.1, 0.15) is 0 Å². The van der Waals surface area contributed by atoms with Crippen LogP contribution < -0.4 is 10.6 Å². The van der Waals surface area contributed by atoms with Gasteiger partial charge in [0.05, 0.1) is 12.5 Å². The third kappa shape index (κ3) is 3.31. The van der Waals surface area contributed by atoms with Gasteiger partial charge in [0, 0.05) is 24.6 Å². The lowest BCUT2D eigenvalue weighted by molar-refractivity contribution is -0.125. The largest absolute Gasteiger partial charge is 0.381 e. The molecule has 2 N–H and O–H groups in total. The number of rotatable bonds is 4. The van der Waals surface area contributed by atoms with Crippen molar-refractivity contribution in [1.82, 2.24) is 10.6 Å². The molecular weight excluding hydrogens is 320 g/mol. The van der Waals surface area contributed by atoms with Crippen molar-refractivity contribution in [2.45, 2.75) is 38.1 Å². The van der Waals surface area contributed by atoms with Gasteiger partial charge in [-0.05, 0) is 48.8 Å². The molecule has 0 aromatic heterocycles. The van der Waals surface area contributed by atoms with Crippen LogP contribution in [0.4, 0.5) is 0 Å². The van der Waals surface area contributed by atoms with Crippen molar-refractivity contribution in [3.05, 3.63) is 35.4 Å². The Morgan fingerprint density at radius 1 is 1.24 bits per heavy atom. The van der Waals surface area contributed by atoms with E-state index in [1.807, 2.05) is 12.1 Å². The van der Waals surface area contributed by atoms with Crippen LogP contribution in [0.2, 0.25) is 0 Å². The van der Waals surface area contributed by atoms with E-state index < -0.39 is 0 Å². The van der Waals surface area contributed by atoms with Gasteiger partial charge in [-0.25, -0.2) is 0 Å². The van der Waals surface area contributed by atoms with E-state index in [9.17, 15) is 14.4 Å². The number of imide groups is 1. The Bertz CT molecular complexity index is 699. The van der Waals surface area contributed by atoms with Crippen molar-refractivity contribution >= 4 is 17.7 Å². The predicted octanol–water partition coefficient (Wildman–Crippen LogP) is 1.19. The number of carbonyl (C=O) groups is 3. The van der Waals surface area contributed by atoms with Crippen LogP contribution in [0.25, 0.3) is 0 Å². The lowest BCUT2D eigenvalue weighted by atomic mass is 9.65. The first kappa shape index (κ1) is 16.3. The molecule has 4 rings (SSSR count). The topological polar surface area (TPSA) is 84.5 Å². The zero-order chi connectivity index (χ0) is 17.4. The van der Waals surface area contributed by atoms with Gasteiger partial charge in [-0.2, -0.15) is 0 Å². The second-order valence-electron chi connectivity index (χ2n) is 7.60. The molecule has 1 spiro atoms. The lowest BCUT2D eigenvalue weighted by Crippen LogP contribution is -2.51. The highest BCUT2D eigenvalue weighted by molar-refractivity contribution is 6.03. The van der Waals surface area contributed by atoms with Gasteiger partial charge >= 0.3 is 0 Å². The van der Waals surface area contributed by atoms with Gasteiger partial charge in [0.2, 0.25) is 11.8 Å². The first-order valence-electron chi connectivity index (χ1n) is 8.84. The lowest BCUT2D eigenvalue weighted by Gasteiger charge is -2.44. The van der Waals surface area contributed by atoms with Crippen LogP contribution in [0.15, 0.2) is 24.3 Å². The fraction of sp³-hybridized carbons (Fsp3) is 0.526. The minimum Gasteiger partial charge on any atom is -0.381 e. The van der Waals surface area contributed by atoms with Gasteiger partial charge in [0.25, 0.3) is 5.91 Å². The van der Waals surface area contributed by atoms with E-state index in [4.69, 9.17) is 4.74 Å². The molecule has 6 heteroatoms. The van der Waals surface area contributed by atoms with Crippen LogP contribution in [0, 0.1) is 11.3 Å². The fourth-order valence-corrected chi connectivity index (χ4v) is 4.18. The number of ether oxygens (including phenoxy) is 1. The first-order chi connectivity index (χ1) is 12.0. The summed E-state index contributed by atoms with van der Waals surface area (Å²) < 4.78 is 5.46. The highest BCUT2D eigenvalue weighted by atomic mass is 16.5. The Morgan fingerprint density at radius 2 is 2.00 bits per heavy atom. The average molecular weight is 342 g/mol. The van der Waals surface area contributed by atoms with E-state index in [-0.39, 0.29) is 36.1 Å². The van der Waals surface area contributed by atoms with Crippen LogP contribution in [-0.2, 0) is 20.7 Å². The maximum absolute atomic E-state index is 12.4. The van der Waals surface area contributed by atoms with E-state index in [1.165, 1.54) is 0 Å². The molecule has 132 valence electrons. The Balaban J connectivity index is 1.30. The number of carbonyl (C=O) groups excluding carboxylic acids is 3. The smallest absolute Gasteiger partial charge is 0.251 e. The third-order valence-electron chi connectivity index (χ3n) is 5.64. The molecule has 2 heterocycles. The van der Waals surface area contributed by atoms with Gasteiger partial charge in [-0.15, -0.1) is 0 Å². The molecule has 1 saturated carbocycles. The van der Waals surface area contributed by atoms with Crippen molar-refractivity contribution in [1.29, 1.82) is 0 Å². The van der Waals surface area contributed by atoms with Gasteiger partial charge in [-0.1, -0.05) is 12.1 Å². The minimum atomic E-state index is -0.299. The summed E-state index contributed by atoms with van der Waals surface area (Å²) in [6.45, 7) is 1.66. The summed E-state index contributed by atoms with van der Waals surface area (Å²) in [5.74, 6) is -0.773. The second-order valence-corrected chi connectivity index (χ2v) is 7.60. The molecular formula is C19H22N2O4. The highest BCUT2D eigenvalue weighted by Crippen LogP contribution is 2.47. The molecule has 25 heavy (non-hydrogen) atoms. The zero-order valence-corrected chi connectivity index (χ0v) is 14.0. The summed E-state index contributed by atoms with van der Waals surface area (Å²) >= 11 is 0. The normalized spacial score (nSPS) is 31.0. The number of hydrogen-bond donors (Lipinski definition) is 2. The predicted molar refractivity (Wildman–Crippen MR) is 89.8 cm³/mol. The summed E-state index contributed by atoms with van der Waals surface area (Å²) in [7, 11) is 0. The molecule has 2 aliphatic heterocycles. The molecule has 2 saturated heterocycles. The Morgan fingerprint density at radius 3 is 2.60 bits per heavy atom. The molecule has 1 unspecified atom stereocenters. The van der Waals surface area contributed by atoms with E-state index in [1.54, 1.807) is 12.1 Å². The summed E-state index contributed by atoms with van der Waals surface area (Å²) in [6.07, 6.45) is 3.87. The van der Waals surface area contributed by atoms with Crippen LogP contribution in [0.3, 0.4) is 0 Å². The standard InChI is InChI=1S/C19H22N2O4/c22-16-8-14(18(24)21-16)7-12-1-3-13(4-2-12)17(23)20-15-9-19(10-15)5-6-25-11-19/h1-4,14-15H,5-11H2,(H,20,23)(H,21,22,24). The van der Waals surface area contributed by atoms with Crippen LogP contribution >= 0.6 is 0 Å². The SMILES string of the molecule is O=C1CC(Cc2ccc(C(=O)NC3CC4(CCOC4)C3)cc2)C(=O)N1. The summed E-state index contributed by atoms with van der Waals surface area (Å²) in [6, 6.07) is 7.52. The molecule has 1 aromatic rings. The number of amides is 3. The van der Waals surface area contributed by atoms with Crippen LogP contribution in [0.5, 0.6) is 0 Å². The van der Waals surface area contributed by atoms with E-state index >= 15 is 0 Å². The Kier molecular flexibility index (Phi) is 4.07. The maximum atomic E-state index is 12.4. The van der Waals surface area contributed by atoms with E-state index in [0.29, 0.717) is 17.4 Å². The molecule has 1 aliphatic carbocycles. The molecule has 3 fully saturated rings. The van der Waals surface area contributed by atoms with Crippen LogP contribution in [0.1, 0.15) is 41.6 Å². The quantitative estimate of drug-likeness (QED) is 0.805. The average Bonchev–Trinajstić information content (AvgIpc) is 3.15. The van der Waals surface area contributed by atoms with Crippen molar-refractivity contribution in [2.24, 2.45) is 11.3 Å². The molecule has 3 amide bonds. The van der Waals surface area contributed by atoms with Gasteiger partial charge in [-0.3, -0.25) is 19.7 Å². The minimum absolute atomic E-state index is 0.0564. The summed E-state index contributed by atoms with van der Waals surface area (Å²) in [5.41, 5.74) is 1.89.